The van der Waals surface area contributed by atoms with Gasteiger partial charge in [0.05, 0.1) is 15.6 Å². The molecule has 0 fully saturated rings. The fraction of sp³-hybridized carbons (Fsp3) is 0.200. The van der Waals surface area contributed by atoms with Crippen LogP contribution < -0.4 is 5.32 Å². The Hall–Kier alpha value is -2.07. The van der Waals surface area contributed by atoms with Crippen LogP contribution >= 0.6 is 11.6 Å². The lowest BCUT2D eigenvalue weighted by Crippen LogP contribution is -2.07. The Morgan fingerprint density at radius 3 is 2.45 bits per heavy atom. The van der Waals surface area contributed by atoms with Gasteiger partial charge in [0.2, 0.25) is 0 Å². The van der Waals surface area contributed by atoms with Gasteiger partial charge >= 0.3 is 0 Å². The van der Waals surface area contributed by atoms with Gasteiger partial charge in [-0.3, -0.25) is 10.1 Å². The zero-order valence-electron chi connectivity index (χ0n) is 11.3. The minimum atomic E-state index is -0.432. The molecule has 0 aliphatic heterocycles. The maximum Gasteiger partial charge on any atom is 0.271 e. The van der Waals surface area contributed by atoms with Crippen molar-refractivity contribution in [1.29, 1.82) is 0 Å². The second-order valence-corrected chi connectivity index (χ2v) is 5.11. The first kappa shape index (κ1) is 14.3. The molecule has 1 N–H and O–H groups in total. The lowest BCUT2D eigenvalue weighted by molar-refractivity contribution is -0.384. The van der Waals surface area contributed by atoms with Crippen LogP contribution in [-0.2, 0) is 0 Å². The normalized spacial score (nSPS) is 11.9. The van der Waals surface area contributed by atoms with Crippen LogP contribution in [0.3, 0.4) is 0 Å². The number of halogens is 1. The molecule has 104 valence electrons. The Morgan fingerprint density at radius 2 is 1.85 bits per heavy atom. The summed E-state index contributed by atoms with van der Waals surface area (Å²) in [4.78, 5) is 10.4. The van der Waals surface area contributed by atoms with Crippen molar-refractivity contribution in [2.75, 3.05) is 5.32 Å². The van der Waals surface area contributed by atoms with E-state index in [1.807, 2.05) is 38.1 Å². The van der Waals surface area contributed by atoms with Gasteiger partial charge in [0.1, 0.15) is 0 Å². The number of nitro groups is 1. The smallest absolute Gasteiger partial charge is 0.271 e. The molecule has 0 bridgehead atoms. The topological polar surface area (TPSA) is 55.2 Å². The summed E-state index contributed by atoms with van der Waals surface area (Å²) in [6.07, 6.45) is 0. The van der Waals surface area contributed by atoms with Crippen LogP contribution in [0.4, 0.5) is 11.4 Å². The predicted octanol–water partition coefficient (Wildman–Crippen LogP) is 4.73. The highest BCUT2D eigenvalue weighted by atomic mass is 35.5. The van der Waals surface area contributed by atoms with E-state index in [2.05, 4.69) is 5.32 Å². The molecule has 0 saturated heterocycles. The van der Waals surface area contributed by atoms with Crippen LogP contribution in [0.5, 0.6) is 0 Å². The number of aryl methyl sites for hydroxylation is 1. The third-order valence-electron chi connectivity index (χ3n) is 3.11. The van der Waals surface area contributed by atoms with Crippen molar-refractivity contribution in [2.24, 2.45) is 0 Å². The Bertz CT molecular complexity index is 626. The Labute approximate surface area is 122 Å². The molecule has 4 nitrogen and oxygen atoms in total. The van der Waals surface area contributed by atoms with E-state index in [1.165, 1.54) is 23.8 Å². The van der Waals surface area contributed by atoms with E-state index >= 15 is 0 Å². The molecular weight excluding hydrogens is 276 g/mol. The molecule has 0 aliphatic rings. The summed E-state index contributed by atoms with van der Waals surface area (Å²) < 4.78 is 0. The Balaban J connectivity index is 2.22. The van der Waals surface area contributed by atoms with Crippen molar-refractivity contribution in [2.45, 2.75) is 19.9 Å². The van der Waals surface area contributed by atoms with E-state index in [0.717, 1.165) is 5.56 Å². The molecule has 1 unspecified atom stereocenters. The second kappa shape index (κ2) is 5.92. The van der Waals surface area contributed by atoms with Crippen molar-refractivity contribution >= 4 is 23.0 Å². The number of hydrogen-bond donors (Lipinski definition) is 1. The molecule has 2 aromatic rings. The maximum absolute atomic E-state index is 10.8. The van der Waals surface area contributed by atoms with Crippen molar-refractivity contribution in [3.8, 4) is 0 Å². The highest BCUT2D eigenvalue weighted by Gasteiger charge is 2.12. The molecule has 20 heavy (non-hydrogen) atoms. The maximum atomic E-state index is 10.8. The number of benzene rings is 2. The van der Waals surface area contributed by atoms with Crippen LogP contribution in [0.1, 0.15) is 24.1 Å². The standard InChI is InChI=1S/C15H15ClN2O2/c1-10-3-5-12(6-4-10)11(2)17-15-9-13(18(19)20)7-8-14(15)16/h3-9,11,17H,1-2H3. The first-order chi connectivity index (χ1) is 9.47. The molecule has 2 aromatic carbocycles. The molecule has 2 rings (SSSR count). The average Bonchev–Trinajstić information content (AvgIpc) is 2.41. The van der Waals surface area contributed by atoms with Crippen LogP contribution in [0, 0.1) is 17.0 Å². The van der Waals surface area contributed by atoms with Crippen molar-refractivity contribution < 1.29 is 4.92 Å². The van der Waals surface area contributed by atoms with E-state index in [-0.39, 0.29) is 11.7 Å². The van der Waals surface area contributed by atoms with E-state index in [1.54, 1.807) is 0 Å². The monoisotopic (exact) mass is 290 g/mol. The van der Waals surface area contributed by atoms with E-state index < -0.39 is 4.92 Å². The highest BCUT2D eigenvalue weighted by molar-refractivity contribution is 6.33. The molecular formula is C15H15ClN2O2. The first-order valence-electron chi connectivity index (χ1n) is 6.24. The first-order valence-corrected chi connectivity index (χ1v) is 6.62. The second-order valence-electron chi connectivity index (χ2n) is 4.70. The van der Waals surface area contributed by atoms with Crippen LogP contribution in [-0.4, -0.2) is 4.92 Å². The van der Waals surface area contributed by atoms with Gasteiger partial charge in [-0.25, -0.2) is 0 Å². The minimum absolute atomic E-state index is 0.00936. The lowest BCUT2D eigenvalue weighted by Gasteiger charge is -2.16. The molecule has 1 atom stereocenters. The zero-order valence-corrected chi connectivity index (χ0v) is 12.0. The van der Waals surface area contributed by atoms with Gasteiger partial charge in [-0.1, -0.05) is 41.4 Å². The van der Waals surface area contributed by atoms with Crippen molar-refractivity contribution in [3.63, 3.8) is 0 Å². The van der Waals surface area contributed by atoms with Crippen LogP contribution in [0.15, 0.2) is 42.5 Å². The number of anilines is 1. The fourth-order valence-corrected chi connectivity index (χ4v) is 2.08. The average molecular weight is 291 g/mol. The van der Waals surface area contributed by atoms with E-state index in [4.69, 9.17) is 11.6 Å². The summed E-state index contributed by atoms with van der Waals surface area (Å²) in [5, 5.41) is 14.5. The van der Waals surface area contributed by atoms with E-state index in [9.17, 15) is 10.1 Å². The summed E-state index contributed by atoms with van der Waals surface area (Å²) in [5.74, 6) is 0. The quantitative estimate of drug-likeness (QED) is 0.654. The Kier molecular flexibility index (Phi) is 4.25. The number of nitro benzene ring substituents is 1. The molecule has 0 radical (unpaired) electrons. The third kappa shape index (κ3) is 3.27. The summed E-state index contributed by atoms with van der Waals surface area (Å²) in [7, 11) is 0. The summed E-state index contributed by atoms with van der Waals surface area (Å²) in [6.45, 7) is 4.01. The number of hydrogen-bond acceptors (Lipinski definition) is 3. The van der Waals surface area contributed by atoms with Gasteiger partial charge in [0, 0.05) is 18.2 Å². The Morgan fingerprint density at radius 1 is 1.20 bits per heavy atom. The fourth-order valence-electron chi connectivity index (χ4n) is 1.91. The highest BCUT2D eigenvalue weighted by Crippen LogP contribution is 2.29. The summed E-state index contributed by atoms with van der Waals surface area (Å²) >= 11 is 6.07. The van der Waals surface area contributed by atoms with E-state index in [0.29, 0.717) is 10.7 Å². The molecule has 0 heterocycles. The molecule has 0 aliphatic carbocycles. The zero-order chi connectivity index (χ0) is 14.7. The van der Waals surface area contributed by atoms with Crippen molar-refractivity contribution in [1.82, 2.24) is 0 Å². The van der Waals surface area contributed by atoms with Gasteiger partial charge in [0.25, 0.3) is 5.69 Å². The molecule has 0 amide bonds. The van der Waals surface area contributed by atoms with Gasteiger partial charge in [-0.05, 0) is 25.5 Å². The largest absolute Gasteiger partial charge is 0.377 e. The molecule has 0 aromatic heterocycles. The minimum Gasteiger partial charge on any atom is -0.377 e. The number of nitrogens with zero attached hydrogens (tertiary/aromatic N) is 1. The van der Waals surface area contributed by atoms with Gasteiger partial charge in [-0.15, -0.1) is 0 Å². The molecule has 0 saturated carbocycles. The molecule has 0 spiro atoms. The van der Waals surface area contributed by atoms with Crippen molar-refractivity contribution in [3.05, 3.63) is 68.7 Å². The van der Waals surface area contributed by atoms with Gasteiger partial charge < -0.3 is 5.32 Å². The third-order valence-corrected chi connectivity index (χ3v) is 3.44. The number of non-ortho nitro benzene ring substituents is 1. The van der Waals surface area contributed by atoms with Crippen LogP contribution in [0.25, 0.3) is 0 Å². The summed E-state index contributed by atoms with van der Waals surface area (Å²) in [5.41, 5.74) is 2.87. The number of nitrogens with one attached hydrogen (secondary N) is 1. The lowest BCUT2D eigenvalue weighted by atomic mass is 10.1. The number of rotatable bonds is 4. The van der Waals surface area contributed by atoms with Crippen LogP contribution in [0.2, 0.25) is 5.02 Å². The molecule has 5 heteroatoms. The summed E-state index contributed by atoms with van der Waals surface area (Å²) in [6, 6.07) is 12.5. The predicted molar refractivity (Wildman–Crippen MR) is 81.3 cm³/mol. The van der Waals surface area contributed by atoms with Gasteiger partial charge in [-0.2, -0.15) is 0 Å². The SMILES string of the molecule is Cc1ccc(C(C)Nc2cc([N+](=O)[O-])ccc2Cl)cc1. The van der Waals surface area contributed by atoms with Gasteiger partial charge in [0.15, 0.2) is 0 Å².